The lowest BCUT2D eigenvalue weighted by molar-refractivity contribution is -0.140. The van der Waals surface area contributed by atoms with E-state index in [1.807, 2.05) is 26.8 Å². The summed E-state index contributed by atoms with van der Waals surface area (Å²) in [6.07, 6.45) is 0.333. The van der Waals surface area contributed by atoms with Crippen LogP contribution in [0.3, 0.4) is 0 Å². The third kappa shape index (κ3) is 7.53. The lowest BCUT2D eigenvalue weighted by atomic mass is 10.1. The Morgan fingerprint density at radius 3 is 2.30 bits per heavy atom. The van der Waals surface area contributed by atoms with E-state index in [-0.39, 0.29) is 24.4 Å². The molecule has 0 fully saturated rings. The minimum Gasteiger partial charge on any atom is -0.352 e. The van der Waals surface area contributed by atoms with Crippen molar-refractivity contribution < 1.29 is 9.59 Å². The zero-order valence-corrected chi connectivity index (χ0v) is 20.1. The summed E-state index contributed by atoms with van der Waals surface area (Å²) in [6.45, 7) is 7.88. The quantitative estimate of drug-likeness (QED) is 0.480. The number of hydrogen-bond donors (Lipinski definition) is 1. The number of amides is 2. The number of benzene rings is 2. The Bertz CT molecular complexity index is 872. The van der Waals surface area contributed by atoms with Gasteiger partial charge in [-0.1, -0.05) is 47.0 Å². The van der Waals surface area contributed by atoms with Gasteiger partial charge >= 0.3 is 0 Å². The average molecular weight is 467 g/mol. The molecular weight excluding hydrogens is 439 g/mol. The lowest BCUT2D eigenvalue weighted by Gasteiger charge is -2.29. The zero-order valence-electron chi connectivity index (χ0n) is 17.7. The maximum absolute atomic E-state index is 13.0. The average Bonchev–Trinajstić information content (AvgIpc) is 2.69. The molecule has 0 saturated carbocycles. The van der Waals surface area contributed by atoms with Gasteiger partial charge < -0.3 is 10.2 Å². The Hall–Kier alpha value is -1.69. The summed E-state index contributed by atoms with van der Waals surface area (Å²) in [6, 6.07) is 12.9. The molecule has 0 saturated heterocycles. The van der Waals surface area contributed by atoms with Crippen molar-refractivity contribution in [1.29, 1.82) is 0 Å². The van der Waals surface area contributed by atoms with Gasteiger partial charge in [-0.25, -0.2) is 0 Å². The van der Waals surface area contributed by atoms with E-state index in [0.717, 1.165) is 10.5 Å². The number of halogens is 2. The Morgan fingerprint density at radius 2 is 1.70 bits per heavy atom. The first-order chi connectivity index (χ1) is 14.2. The molecule has 2 aromatic carbocycles. The van der Waals surface area contributed by atoms with Crippen molar-refractivity contribution in [1.82, 2.24) is 10.2 Å². The first-order valence-corrected chi connectivity index (χ1v) is 11.6. The Labute approximate surface area is 193 Å². The van der Waals surface area contributed by atoms with E-state index in [1.54, 1.807) is 35.7 Å². The van der Waals surface area contributed by atoms with Gasteiger partial charge in [-0.3, -0.25) is 9.59 Å². The standard InChI is InChI=1S/C23H28Cl2N2O2S/c1-15(2)26-23(29)17(4)27(14-18-7-10-20(24)21(25)13-18)22(28)11-12-30-19-8-5-16(3)6-9-19/h5-10,13,15,17H,11-12,14H2,1-4H3,(H,26,29)/t17-/m0/s1. The fourth-order valence-corrected chi connectivity index (χ4v) is 4.02. The zero-order chi connectivity index (χ0) is 22.3. The smallest absolute Gasteiger partial charge is 0.242 e. The molecule has 7 heteroatoms. The van der Waals surface area contributed by atoms with Crippen LogP contribution in [0.15, 0.2) is 47.4 Å². The molecule has 1 atom stereocenters. The van der Waals surface area contributed by atoms with Crippen LogP contribution >= 0.6 is 35.0 Å². The van der Waals surface area contributed by atoms with Crippen LogP contribution in [0.4, 0.5) is 0 Å². The molecule has 2 amide bonds. The first kappa shape index (κ1) is 24.6. The molecule has 0 aliphatic heterocycles. The summed E-state index contributed by atoms with van der Waals surface area (Å²) in [4.78, 5) is 28.4. The van der Waals surface area contributed by atoms with Crippen molar-refractivity contribution in [2.24, 2.45) is 0 Å². The summed E-state index contributed by atoms with van der Waals surface area (Å²) in [5.41, 5.74) is 2.03. The van der Waals surface area contributed by atoms with Gasteiger partial charge in [-0.05, 0) is 57.5 Å². The summed E-state index contributed by atoms with van der Waals surface area (Å²) >= 11 is 13.8. The van der Waals surface area contributed by atoms with E-state index >= 15 is 0 Å². The molecule has 4 nitrogen and oxygen atoms in total. The molecule has 0 unspecified atom stereocenters. The third-order valence-corrected chi connectivity index (χ3v) is 6.29. The maximum atomic E-state index is 13.0. The number of thioether (sulfide) groups is 1. The van der Waals surface area contributed by atoms with E-state index < -0.39 is 6.04 Å². The van der Waals surface area contributed by atoms with Gasteiger partial charge in [0.15, 0.2) is 0 Å². The molecule has 0 spiro atoms. The highest BCUT2D eigenvalue weighted by atomic mass is 35.5. The van der Waals surface area contributed by atoms with Crippen LogP contribution in [0, 0.1) is 6.92 Å². The maximum Gasteiger partial charge on any atom is 0.242 e. The van der Waals surface area contributed by atoms with Crippen LogP contribution < -0.4 is 5.32 Å². The highest BCUT2D eigenvalue weighted by Gasteiger charge is 2.26. The van der Waals surface area contributed by atoms with Crippen LogP contribution in [0.25, 0.3) is 0 Å². The van der Waals surface area contributed by atoms with Crippen LogP contribution in [0.1, 0.15) is 38.3 Å². The van der Waals surface area contributed by atoms with Gasteiger partial charge in [0.2, 0.25) is 11.8 Å². The Kier molecular flexibility index (Phi) is 9.53. The lowest BCUT2D eigenvalue weighted by Crippen LogP contribution is -2.49. The molecule has 0 aliphatic carbocycles. The van der Waals surface area contributed by atoms with Crippen molar-refractivity contribution in [3.8, 4) is 0 Å². The monoisotopic (exact) mass is 466 g/mol. The third-order valence-electron chi connectivity index (χ3n) is 4.54. The van der Waals surface area contributed by atoms with Crippen molar-refractivity contribution >= 4 is 46.8 Å². The van der Waals surface area contributed by atoms with Gasteiger partial charge in [0.1, 0.15) is 6.04 Å². The molecule has 0 radical (unpaired) electrons. The van der Waals surface area contributed by atoms with Crippen molar-refractivity contribution in [2.45, 2.75) is 57.6 Å². The summed E-state index contributed by atoms with van der Waals surface area (Å²) in [7, 11) is 0. The summed E-state index contributed by atoms with van der Waals surface area (Å²) in [5, 5.41) is 3.77. The second kappa shape index (κ2) is 11.6. The SMILES string of the molecule is Cc1ccc(SCCC(=O)N(Cc2ccc(Cl)c(Cl)c2)[C@@H](C)C(=O)NC(C)C)cc1. The van der Waals surface area contributed by atoms with Gasteiger partial charge in [-0.2, -0.15) is 0 Å². The van der Waals surface area contributed by atoms with E-state index in [2.05, 4.69) is 29.6 Å². The number of rotatable bonds is 9. The second-order valence-electron chi connectivity index (χ2n) is 7.52. The topological polar surface area (TPSA) is 49.4 Å². The number of carbonyl (C=O) groups is 2. The molecule has 2 aromatic rings. The minimum atomic E-state index is -0.598. The minimum absolute atomic E-state index is 0.000953. The van der Waals surface area contributed by atoms with Gasteiger partial charge in [0.05, 0.1) is 10.0 Å². The van der Waals surface area contributed by atoms with Crippen LogP contribution in [0.5, 0.6) is 0 Å². The van der Waals surface area contributed by atoms with Crippen molar-refractivity contribution in [3.63, 3.8) is 0 Å². The first-order valence-electron chi connectivity index (χ1n) is 9.90. The van der Waals surface area contributed by atoms with Crippen LogP contribution in [0.2, 0.25) is 10.0 Å². The molecule has 0 aliphatic rings. The molecular formula is C23H28Cl2N2O2S. The number of hydrogen-bond acceptors (Lipinski definition) is 3. The van der Waals surface area contributed by atoms with Crippen LogP contribution in [-0.2, 0) is 16.1 Å². The molecule has 2 rings (SSSR count). The predicted octanol–water partition coefficient (Wildman–Crippen LogP) is 5.73. The highest BCUT2D eigenvalue weighted by molar-refractivity contribution is 7.99. The Morgan fingerprint density at radius 1 is 1.03 bits per heavy atom. The molecule has 0 aromatic heterocycles. The van der Waals surface area contributed by atoms with Crippen molar-refractivity contribution in [3.05, 3.63) is 63.6 Å². The van der Waals surface area contributed by atoms with E-state index in [0.29, 0.717) is 22.2 Å². The molecule has 0 heterocycles. The number of nitrogens with one attached hydrogen (secondary N) is 1. The molecule has 162 valence electrons. The van der Waals surface area contributed by atoms with E-state index in [9.17, 15) is 9.59 Å². The highest BCUT2D eigenvalue weighted by Crippen LogP contribution is 2.24. The number of aryl methyl sites for hydroxylation is 1. The summed E-state index contributed by atoms with van der Waals surface area (Å²) < 4.78 is 0. The fraction of sp³-hybridized carbons (Fsp3) is 0.391. The number of nitrogens with zero attached hydrogens (tertiary/aromatic N) is 1. The second-order valence-corrected chi connectivity index (χ2v) is 9.50. The molecule has 30 heavy (non-hydrogen) atoms. The molecule has 0 bridgehead atoms. The molecule has 1 N–H and O–H groups in total. The van der Waals surface area contributed by atoms with E-state index in [4.69, 9.17) is 23.2 Å². The normalized spacial score (nSPS) is 12.0. The largest absolute Gasteiger partial charge is 0.352 e. The number of carbonyl (C=O) groups excluding carboxylic acids is 2. The van der Waals surface area contributed by atoms with Gasteiger partial charge in [0.25, 0.3) is 0 Å². The van der Waals surface area contributed by atoms with Gasteiger partial charge in [-0.15, -0.1) is 11.8 Å². The van der Waals surface area contributed by atoms with Crippen LogP contribution in [-0.4, -0.2) is 34.6 Å². The van der Waals surface area contributed by atoms with Crippen molar-refractivity contribution in [2.75, 3.05) is 5.75 Å². The predicted molar refractivity (Wildman–Crippen MR) is 126 cm³/mol. The Balaban J connectivity index is 2.09. The summed E-state index contributed by atoms with van der Waals surface area (Å²) in [5.74, 6) is 0.384. The fourth-order valence-electron chi connectivity index (χ4n) is 2.86. The van der Waals surface area contributed by atoms with E-state index in [1.165, 1.54) is 5.56 Å². The van der Waals surface area contributed by atoms with Gasteiger partial charge in [0, 0.05) is 29.7 Å².